The first-order valence-corrected chi connectivity index (χ1v) is 10.4. The monoisotopic (exact) mass is 438 g/mol. The molecule has 7 nitrogen and oxygen atoms in total. The predicted molar refractivity (Wildman–Crippen MR) is 121 cm³/mol. The Kier molecular flexibility index (Phi) is 3.70. The van der Waals surface area contributed by atoms with E-state index in [4.69, 9.17) is 15.2 Å². The number of nitrogens with zero attached hydrogens (tertiary/aromatic N) is 1. The van der Waals surface area contributed by atoms with E-state index >= 15 is 0 Å². The van der Waals surface area contributed by atoms with E-state index in [2.05, 4.69) is 0 Å². The fraction of sp³-hybridized carbons (Fsp3) is 0.115. The normalized spacial score (nSPS) is 20.8. The minimum absolute atomic E-state index is 0.0742. The van der Waals surface area contributed by atoms with E-state index in [0.717, 1.165) is 10.8 Å². The van der Waals surface area contributed by atoms with Gasteiger partial charge in [-0.05, 0) is 11.5 Å². The summed E-state index contributed by atoms with van der Waals surface area (Å²) < 4.78 is 11.0. The van der Waals surface area contributed by atoms with Crippen LogP contribution in [0.5, 0.6) is 0 Å². The first-order chi connectivity index (χ1) is 15.9. The second kappa shape index (κ2) is 6.32. The van der Waals surface area contributed by atoms with Crippen LogP contribution in [0.3, 0.4) is 0 Å². The van der Waals surface area contributed by atoms with Crippen molar-refractivity contribution in [1.82, 2.24) is 0 Å². The number of amides is 1. The molecule has 0 saturated heterocycles. The molecule has 7 heteroatoms. The van der Waals surface area contributed by atoms with Crippen molar-refractivity contribution in [1.29, 1.82) is 0 Å². The molecule has 6 rings (SSSR count). The van der Waals surface area contributed by atoms with Crippen LogP contribution in [0.2, 0.25) is 0 Å². The highest BCUT2D eigenvalue weighted by Crippen LogP contribution is 2.57. The van der Waals surface area contributed by atoms with Gasteiger partial charge in [-0.1, -0.05) is 54.6 Å². The number of nitrogens with two attached hydrogens (primary N) is 1. The molecule has 3 aliphatic rings. The van der Waals surface area contributed by atoms with Crippen molar-refractivity contribution in [2.24, 2.45) is 5.73 Å². The Bertz CT molecular complexity index is 1510. The number of rotatable bonds is 1. The molecular weight excluding hydrogens is 420 g/mol. The summed E-state index contributed by atoms with van der Waals surface area (Å²) in [6, 6.07) is 18.1. The van der Waals surface area contributed by atoms with E-state index < -0.39 is 17.3 Å². The van der Waals surface area contributed by atoms with Crippen LogP contribution in [0.25, 0.3) is 16.5 Å². The number of Topliss-reactive ketones (excluding diaryl/α,β-unsaturated/α-hetero) is 1. The largest absolute Gasteiger partial charge is 0.465 e. The molecule has 0 aromatic heterocycles. The Morgan fingerprint density at radius 2 is 1.70 bits per heavy atom. The topological polar surface area (TPSA) is 98.9 Å². The number of carbonyl (C=O) groups excluding carboxylic acids is 3. The molecule has 2 aliphatic heterocycles. The zero-order valence-corrected chi connectivity index (χ0v) is 17.8. The van der Waals surface area contributed by atoms with Crippen molar-refractivity contribution >= 4 is 39.9 Å². The first kappa shape index (κ1) is 19.3. The molecule has 1 amide bonds. The van der Waals surface area contributed by atoms with Crippen LogP contribution in [-0.2, 0) is 24.5 Å². The second-order valence-corrected chi connectivity index (χ2v) is 8.21. The number of benzene rings is 3. The lowest BCUT2D eigenvalue weighted by Crippen LogP contribution is -2.50. The fourth-order valence-electron chi connectivity index (χ4n) is 5.41. The minimum atomic E-state index is -1.79. The van der Waals surface area contributed by atoms with Gasteiger partial charge in [0, 0.05) is 34.8 Å². The zero-order valence-electron chi connectivity index (χ0n) is 17.8. The Hall–Kier alpha value is -4.39. The van der Waals surface area contributed by atoms with Gasteiger partial charge in [0.15, 0.2) is 5.78 Å². The summed E-state index contributed by atoms with van der Waals surface area (Å²) in [5, 5.41) is 1.58. The van der Waals surface area contributed by atoms with Crippen molar-refractivity contribution in [2.45, 2.75) is 5.41 Å². The lowest BCUT2D eigenvalue weighted by Gasteiger charge is -2.39. The highest BCUT2D eigenvalue weighted by atomic mass is 16.5. The van der Waals surface area contributed by atoms with Gasteiger partial charge < -0.3 is 20.1 Å². The number of likely N-dealkylation sites (N-methyl/N-ethyl adjacent to an activating group) is 1. The molecule has 0 fully saturated rings. The number of ketones is 1. The van der Waals surface area contributed by atoms with E-state index in [1.165, 1.54) is 12.0 Å². The number of methoxy groups -OCH3 is 1. The van der Waals surface area contributed by atoms with Crippen molar-refractivity contribution in [3.8, 4) is 0 Å². The summed E-state index contributed by atoms with van der Waals surface area (Å²) in [6.45, 7) is 0. The molecule has 162 valence electrons. The second-order valence-electron chi connectivity index (χ2n) is 8.21. The van der Waals surface area contributed by atoms with E-state index in [0.29, 0.717) is 22.4 Å². The summed E-state index contributed by atoms with van der Waals surface area (Å²) in [4.78, 5) is 42.7. The molecule has 2 N–H and O–H groups in total. The van der Waals surface area contributed by atoms with Gasteiger partial charge in [0.2, 0.25) is 11.8 Å². The Morgan fingerprint density at radius 3 is 2.42 bits per heavy atom. The average Bonchev–Trinajstić information content (AvgIpc) is 3.04. The lowest BCUT2D eigenvalue weighted by molar-refractivity contribution is -0.138. The first-order valence-electron chi connectivity index (χ1n) is 10.4. The molecule has 1 aliphatic carbocycles. The highest BCUT2D eigenvalue weighted by Gasteiger charge is 2.63. The Morgan fingerprint density at radius 1 is 1.00 bits per heavy atom. The molecule has 0 saturated carbocycles. The van der Waals surface area contributed by atoms with Crippen molar-refractivity contribution in [2.75, 3.05) is 19.1 Å². The number of ether oxygens (including phenoxy) is 2. The summed E-state index contributed by atoms with van der Waals surface area (Å²) in [6.07, 6.45) is 0. The predicted octanol–water partition coefficient (Wildman–Crippen LogP) is 3.04. The maximum Gasteiger partial charge on any atom is 0.340 e. The summed E-state index contributed by atoms with van der Waals surface area (Å²) >= 11 is 0. The maximum atomic E-state index is 14.1. The Labute approximate surface area is 188 Å². The quantitative estimate of drug-likeness (QED) is 0.587. The van der Waals surface area contributed by atoms with Gasteiger partial charge in [0.25, 0.3) is 0 Å². The van der Waals surface area contributed by atoms with Gasteiger partial charge >= 0.3 is 5.97 Å². The van der Waals surface area contributed by atoms with E-state index in [-0.39, 0.29) is 28.6 Å². The van der Waals surface area contributed by atoms with E-state index in [1.54, 1.807) is 43.4 Å². The van der Waals surface area contributed by atoms with Crippen LogP contribution in [0.1, 0.15) is 21.5 Å². The molecule has 3 aromatic rings. The molecule has 1 spiro atoms. The smallest absolute Gasteiger partial charge is 0.340 e. The number of carbonyl (C=O) groups is 3. The van der Waals surface area contributed by atoms with Gasteiger partial charge in [-0.15, -0.1) is 0 Å². The van der Waals surface area contributed by atoms with Crippen LogP contribution in [0, 0.1) is 0 Å². The van der Waals surface area contributed by atoms with Crippen LogP contribution in [0.15, 0.2) is 77.7 Å². The van der Waals surface area contributed by atoms with Gasteiger partial charge in [0.1, 0.15) is 16.7 Å². The van der Waals surface area contributed by atoms with Crippen LogP contribution in [-0.4, -0.2) is 31.8 Å². The standard InChI is InChI=1S/C26H18N2O5/c1-28-17-12-4-3-11-16(17)26(25(28)31)19-21(29)14-9-5-7-13-8-6-10-15(18(13)14)22(19)33-23(27)20(26)24(30)32-2/h3-12H,27H2,1-2H3. The lowest BCUT2D eigenvalue weighted by atomic mass is 9.64. The molecule has 3 aromatic carbocycles. The SMILES string of the molecule is COC(=O)C1=C(N)OC2=C(C(=O)c3cccc4cccc2c34)C12C(=O)N(C)c1ccccc12. The highest BCUT2D eigenvalue weighted by molar-refractivity contribution is 6.32. The number of anilines is 1. The molecule has 1 unspecified atom stereocenters. The number of fused-ring (bicyclic) bond motifs is 4. The van der Waals surface area contributed by atoms with Crippen LogP contribution < -0.4 is 10.6 Å². The molecule has 33 heavy (non-hydrogen) atoms. The fourth-order valence-corrected chi connectivity index (χ4v) is 5.41. The summed E-state index contributed by atoms with van der Waals surface area (Å²) in [5.41, 5.74) is 6.55. The van der Waals surface area contributed by atoms with Gasteiger partial charge in [0.05, 0.1) is 12.7 Å². The third-order valence-corrected chi connectivity index (χ3v) is 6.74. The molecule has 0 bridgehead atoms. The van der Waals surface area contributed by atoms with Gasteiger partial charge in [-0.25, -0.2) is 4.79 Å². The van der Waals surface area contributed by atoms with E-state index in [9.17, 15) is 14.4 Å². The van der Waals surface area contributed by atoms with Crippen molar-refractivity contribution < 1.29 is 23.9 Å². The number of esters is 1. The molecule has 2 heterocycles. The van der Waals surface area contributed by atoms with Crippen LogP contribution >= 0.6 is 0 Å². The zero-order chi connectivity index (χ0) is 23.1. The van der Waals surface area contributed by atoms with Crippen molar-refractivity contribution in [3.63, 3.8) is 0 Å². The van der Waals surface area contributed by atoms with Gasteiger partial charge in [-0.2, -0.15) is 0 Å². The number of hydrogen-bond acceptors (Lipinski definition) is 6. The van der Waals surface area contributed by atoms with Crippen molar-refractivity contribution in [3.05, 3.63) is 94.4 Å². The molecular formula is C26H18N2O5. The Balaban J connectivity index is 1.81. The molecule has 1 atom stereocenters. The third-order valence-electron chi connectivity index (χ3n) is 6.74. The van der Waals surface area contributed by atoms with Gasteiger partial charge in [-0.3, -0.25) is 9.59 Å². The number of hydrogen-bond donors (Lipinski definition) is 1. The van der Waals surface area contributed by atoms with E-state index in [1.807, 2.05) is 24.3 Å². The number of para-hydroxylation sites is 1. The average molecular weight is 438 g/mol. The maximum absolute atomic E-state index is 14.1. The summed E-state index contributed by atoms with van der Waals surface area (Å²) in [7, 11) is 2.81. The minimum Gasteiger partial charge on any atom is -0.465 e. The summed E-state index contributed by atoms with van der Waals surface area (Å²) in [5.74, 6) is -1.76. The third kappa shape index (κ3) is 2.11. The molecule has 0 radical (unpaired) electrons. The van der Waals surface area contributed by atoms with Crippen LogP contribution in [0.4, 0.5) is 5.69 Å².